The summed E-state index contributed by atoms with van der Waals surface area (Å²) in [6.07, 6.45) is 4.61. The highest BCUT2D eigenvalue weighted by atomic mass is 32.1. The monoisotopic (exact) mass is 252 g/mol. The van der Waals surface area contributed by atoms with Gasteiger partial charge in [-0.05, 0) is 37.1 Å². The minimum absolute atomic E-state index is 0.184. The molecule has 2 N–H and O–H groups in total. The van der Waals surface area contributed by atoms with Gasteiger partial charge >= 0.3 is 0 Å². The van der Waals surface area contributed by atoms with Crippen LogP contribution in [0, 0.1) is 0 Å². The molecule has 0 aromatic carbocycles. The zero-order chi connectivity index (χ0) is 12.3. The maximum Gasteiger partial charge on any atom is 0.224 e. The van der Waals surface area contributed by atoms with Crippen molar-refractivity contribution in [2.45, 2.75) is 37.6 Å². The summed E-state index contributed by atoms with van der Waals surface area (Å²) < 4.78 is 0. The van der Waals surface area contributed by atoms with Crippen molar-refractivity contribution in [2.75, 3.05) is 13.6 Å². The summed E-state index contributed by atoms with van der Waals surface area (Å²) >= 11 is 1.74. The van der Waals surface area contributed by atoms with Gasteiger partial charge in [0, 0.05) is 30.4 Å². The van der Waals surface area contributed by atoms with Crippen molar-refractivity contribution in [3.05, 3.63) is 22.4 Å². The number of hydrogen-bond acceptors (Lipinski definition) is 3. The van der Waals surface area contributed by atoms with Crippen molar-refractivity contribution >= 4 is 17.2 Å². The van der Waals surface area contributed by atoms with Gasteiger partial charge in [-0.3, -0.25) is 4.79 Å². The third-order valence-electron chi connectivity index (χ3n) is 3.55. The molecule has 1 fully saturated rings. The smallest absolute Gasteiger partial charge is 0.224 e. The first-order valence-electron chi connectivity index (χ1n) is 6.14. The van der Waals surface area contributed by atoms with Crippen molar-refractivity contribution < 1.29 is 4.79 Å². The minimum Gasteiger partial charge on any atom is -0.345 e. The lowest BCUT2D eigenvalue weighted by Gasteiger charge is -2.38. The summed E-state index contributed by atoms with van der Waals surface area (Å²) in [6, 6.07) is 4.16. The average Bonchev–Trinajstić information content (AvgIpc) is 2.76. The van der Waals surface area contributed by atoms with Gasteiger partial charge in [0.15, 0.2) is 0 Å². The highest BCUT2D eigenvalue weighted by Crippen LogP contribution is 2.32. The van der Waals surface area contributed by atoms with E-state index in [9.17, 15) is 4.79 Å². The number of carbonyl (C=O) groups is 1. The average molecular weight is 252 g/mol. The van der Waals surface area contributed by atoms with Crippen LogP contribution in [0.15, 0.2) is 17.5 Å². The molecule has 0 bridgehead atoms. The minimum atomic E-state index is -0.200. The molecule has 1 aromatic rings. The second kappa shape index (κ2) is 5.19. The topological polar surface area (TPSA) is 46.3 Å². The van der Waals surface area contributed by atoms with Crippen molar-refractivity contribution in [2.24, 2.45) is 5.73 Å². The lowest BCUT2D eigenvalue weighted by molar-refractivity contribution is -0.131. The molecule has 4 heteroatoms. The van der Waals surface area contributed by atoms with Crippen molar-refractivity contribution in [1.29, 1.82) is 0 Å². The molecule has 17 heavy (non-hydrogen) atoms. The molecule has 0 aliphatic heterocycles. The van der Waals surface area contributed by atoms with Crippen LogP contribution in [0.4, 0.5) is 0 Å². The van der Waals surface area contributed by atoms with Gasteiger partial charge in [-0.25, -0.2) is 0 Å². The number of carbonyl (C=O) groups excluding carboxylic acids is 1. The maximum absolute atomic E-state index is 12.0. The van der Waals surface area contributed by atoms with E-state index >= 15 is 0 Å². The number of nitrogens with zero attached hydrogens (tertiary/aromatic N) is 1. The van der Waals surface area contributed by atoms with E-state index in [0.29, 0.717) is 6.42 Å². The summed E-state index contributed by atoms with van der Waals surface area (Å²) in [5, 5.41) is 2.07. The highest BCUT2D eigenvalue weighted by Gasteiger charge is 2.35. The normalized spacial score (nSPS) is 17.5. The molecule has 0 saturated heterocycles. The van der Waals surface area contributed by atoms with Gasteiger partial charge in [-0.1, -0.05) is 6.07 Å². The van der Waals surface area contributed by atoms with Crippen LogP contribution in [0.3, 0.4) is 0 Å². The predicted octanol–water partition coefficient (Wildman–Crippen LogP) is 2.02. The van der Waals surface area contributed by atoms with Gasteiger partial charge in [0.2, 0.25) is 5.91 Å². The fraction of sp³-hybridized carbons (Fsp3) is 0.615. The summed E-state index contributed by atoms with van der Waals surface area (Å²) in [6.45, 7) is 0.787. The van der Waals surface area contributed by atoms with Crippen LogP contribution >= 0.6 is 11.3 Å². The Balaban J connectivity index is 1.75. The molecule has 0 unspecified atom stereocenters. The number of rotatable bonds is 5. The molecule has 1 aliphatic carbocycles. The summed E-state index contributed by atoms with van der Waals surface area (Å²) in [4.78, 5) is 15.1. The van der Waals surface area contributed by atoms with E-state index in [1.165, 1.54) is 11.3 Å². The Morgan fingerprint density at radius 2 is 2.35 bits per heavy atom. The molecule has 3 nitrogen and oxygen atoms in total. The molecule has 0 atom stereocenters. The fourth-order valence-electron chi connectivity index (χ4n) is 2.10. The van der Waals surface area contributed by atoms with Crippen LogP contribution in [-0.2, 0) is 11.2 Å². The molecule has 1 saturated carbocycles. The second-order valence-electron chi connectivity index (χ2n) is 5.04. The molecule has 1 aromatic heterocycles. The number of likely N-dealkylation sites (N-methyl/N-ethyl adjacent to an activating group) is 1. The Morgan fingerprint density at radius 1 is 1.59 bits per heavy atom. The zero-order valence-corrected chi connectivity index (χ0v) is 11.1. The van der Waals surface area contributed by atoms with Gasteiger partial charge < -0.3 is 10.6 Å². The lowest BCUT2D eigenvalue weighted by Crippen LogP contribution is -2.50. The van der Waals surface area contributed by atoms with Crippen LogP contribution < -0.4 is 5.73 Å². The quantitative estimate of drug-likeness (QED) is 0.871. The van der Waals surface area contributed by atoms with E-state index in [1.807, 2.05) is 18.0 Å². The first-order chi connectivity index (χ1) is 8.09. The van der Waals surface area contributed by atoms with Crippen LogP contribution in [0.5, 0.6) is 0 Å². The van der Waals surface area contributed by atoms with E-state index < -0.39 is 0 Å². The van der Waals surface area contributed by atoms with Crippen molar-refractivity contribution in [3.8, 4) is 0 Å². The van der Waals surface area contributed by atoms with Gasteiger partial charge in [-0.2, -0.15) is 0 Å². The molecule has 2 rings (SSSR count). The molecular formula is C13H20N2OS. The Kier molecular flexibility index (Phi) is 3.84. The fourth-order valence-corrected chi connectivity index (χ4v) is 2.80. The number of hydrogen-bond donors (Lipinski definition) is 1. The molecular weight excluding hydrogens is 232 g/mol. The Labute approximate surface area is 107 Å². The van der Waals surface area contributed by atoms with E-state index in [2.05, 4.69) is 11.4 Å². The maximum atomic E-state index is 12.0. The van der Waals surface area contributed by atoms with Crippen LogP contribution in [-0.4, -0.2) is 29.9 Å². The summed E-state index contributed by atoms with van der Waals surface area (Å²) in [5.41, 5.74) is 5.89. The Morgan fingerprint density at radius 3 is 2.88 bits per heavy atom. The SMILES string of the molecule is CN(CCc1cccs1)C(=O)CC1(N)CCC1. The largest absolute Gasteiger partial charge is 0.345 e. The van der Waals surface area contributed by atoms with Crippen LogP contribution in [0.2, 0.25) is 0 Å². The number of thiophene rings is 1. The van der Waals surface area contributed by atoms with Gasteiger partial charge in [-0.15, -0.1) is 11.3 Å². The molecule has 0 spiro atoms. The second-order valence-corrected chi connectivity index (χ2v) is 6.07. The number of nitrogens with two attached hydrogens (primary N) is 1. The predicted molar refractivity (Wildman–Crippen MR) is 71.0 cm³/mol. The van der Waals surface area contributed by atoms with Gasteiger partial charge in [0.25, 0.3) is 0 Å². The third kappa shape index (κ3) is 3.30. The van der Waals surface area contributed by atoms with Gasteiger partial charge in [0.1, 0.15) is 0 Å². The lowest BCUT2D eigenvalue weighted by atomic mass is 9.75. The molecule has 1 amide bonds. The van der Waals surface area contributed by atoms with E-state index in [4.69, 9.17) is 5.73 Å². The summed E-state index contributed by atoms with van der Waals surface area (Å²) in [5.74, 6) is 0.184. The molecule has 94 valence electrons. The first-order valence-corrected chi connectivity index (χ1v) is 7.02. The third-order valence-corrected chi connectivity index (χ3v) is 4.49. The Bertz CT molecular complexity index is 371. The van der Waals surface area contributed by atoms with Crippen molar-refractivity contribution in [1.82, 2.24) is 4.90 Å². The Hall–Kier alpha value is -0.870. The van der Waals surface area contributed by atoms with E-state index in [0.717, 1.165) is 25.8 Å². The molecule has 1 heterocycles. The zero-order valence-electron chi connectivity index (χ0n) is 10.3. The van der Waals surface area contributed by atoms with E-state index in [-0.39, 0.29) is 11.4 Å². The standard InChI is InChI=1S/C13H20N2OS/c1-15(8-5-11-4-2-9-17-11)12(16)10-13(14)6-3-7-13/h2,4,9H,3,5-8,10,14H2,1H3. The van der Waals surface area contributed by atoms with Crippen LogP contribution in [0.25, 0.3) is 0 Å². The van der Waals surface area contributed by atoms with E-state index in [1.54, 1.807) is 11.3 Å². The van der Waals surface area contributed by atoms with Gasteiger partial charge in [0.05, 0.1) is 0 Å². The summed E-state index contributed by atoms with van der Waals surface area (Å²) in [7, 11) is 1.87. The van der Waals surface area contributed by atoms with Crippen LogP contribution in [0.1, 0.15) is 30.6 Å². The van der Waals surface area contributed by atoms with Crippen molar-refractivity contribution in [3.63, 3.8) is 0 Å². The molecule has 1 aliphatic rings. The number of amides is 1. The highest BCUT2D eigenvalue weighted by molar-refractivity contribution is 7.09. The molecule has 0 radical (unpaired) electrons. The first kappa shape index (κ1) is 12.6.